The van der Waals surface area contributed by atoms with Gasteiger partial charge in [0.1, 0.15) is 23.6 Å². The fraction of sp³-hybridized carbons (Fsp3) is 0. The lowest BCUT2D eigenvalue weighted by Gasteiger charge is -1.61. The first-order chi connectivity index (χ1) is 3.97. The number of aromatic nitrogens is 2. The molecule has 2 aromatic rings. The topological polar surface area (TPSA) is 41.8 Å². The maximum atomic E-state index is 4.81. The molecule has 0 aliphatic carbocycles. The summed E-state index contributed by atoms with van der Waals surface area (Å²) >= 11 is 0. The Bertz CT molecular complexity index is 232. The molecule has 2 heterocycles. The van der Waals surface area contributed by atoms with Crippen LogP contribution in [0.5, 0.6) is 0 Å². The van der Waals surface area contributed by atoms with Crippen molar-refractivity contribution >= 4 is 11.0 Å². The average molecular weight is 108 g/mol. The molecule has 0 saturated carbocycles. The highest BCUT2D eigenvalue weighted by Crippen LogP contribution is 2.07. The van der Waals surface area contributed by atoms with Gasteiger partial charge < -0.3 is 9.40 Å². The van der Waals surface area contributed by atoms with E-state index in [9.17, 15) is 0 Å². The van der Waals surface area contributed by atoms with E-state index >= 15 is 0 Å². The number of furan rings is 1. The van der Waals surface area contributed by atoms with Crippen molar-refractivity contribution in [1.29, 1.82) is 0 Å². The minimum absolute atomic E-state index is 0.880. The molecule has 0 spiro atoms. The van der Waals surface area contributed by atoms with Gasteiger partial charge in [-0.3, -0.25) is 0 Å². The van der Waals surface area contributed by atoms with E-state index in [-0.39, 0.29) is 0 Å². The molecule has 1 N–H and O–H groups in total. The van der Waals surface area contributed by atoms with Gasteiger partial charge in [-0.05, 0) is 0 Å². The summed E-state index contributed by atoms with van der Waals surface area (Å²) in [6, 6.07) is 0. The minimum Gasteiger partial charge on any atom is -0.468 e. The Morgan fingerprint density at radius 3 is 3.38 bits per heavy atom. The van der Waals surface area contributed by atoms with Crippen LogP contribution in [0.4, 0.5) is 0 Å². The molecule has 0 amide bonds. The first-order valence-electron chi connectivity index (χ1n) is 2.32. The van der Waals surface area contributed by atoms with Crippen molar-refractivity contribution in [3.63, 3.8) is 0 Å². The van der Waals surface area contributed by atoms with E-state index in [1.807, 2.05) is 0 Å². The van der Waals surface area contributed by atoms with Crippen LogP contribution in [-0.2, 0) is 0 Å². The number of H-pyrrole nitrogens is 1. The van der Waals surface area contributed by atoms with Gasteiger partial charge in [-0.1, -0.05) is 0 Å². The van der Waals surface area contributed by atoms with Gasteiger partial charge in [-0.2, -0.15) is 0 Å². The van der Waals surface area contributed by atoms with Crippen molar-refractivity contribution < 1.29 is 4.42 Å². The molecule has 0 aliphatic rings. The number of fused-ring (bicyclic) bond motifs is 1. The molecule has 8 heavy (non-hydrogen) atoms. The van der Waals surface area contributed by atoms with Crippen LogP contribution >= 0.6 is 0 Å². The third kappa shape index (κ3) is 0.307. The molecule has 40 valence electrons. The lowest BCUT2D eigenvalue weighted by atomic mass is 10.5. The van der Waals surface area contributed by atoms with E-state index < -0.39 is 0 Å². The van der Waals surface area contributed by atoms with E-state index in [0.717, 1.165) is 11.0 Å². The monoisotopic (exact) mass is 108 g/mol. The second kappa shape index (κ2) is 1.12. The molecule has 0 saturated heterocycles. The third-order valence-corrected chi connectivity index (χ3v) is 1.07. The molecule has 0 unspecified atom stereocenters. The van der Waals surface area contributed by atoms with Gasteiger partial charge in [0.25, 0.3) is 0 Å². The summed E-state index contributed by atoms with van der Waals surface area (Å²) in [5, 5.41) is 0. The maximum Gasteiger partial charge on any atom is 0.126 e. The molecule has 3 nitrogen and oxygen atoms in total. The molecule has 0 aromatic carbocycles. The van der Waals surface area contributed by atoms with Crippen LogP contribution in [0, 0.1) is 0 Å². The smallest absolute Gasteiger partial charge is 0.126 e. The number of hydrogen-bond acceptors (Lipinski definition) is 2. The standard InChI is InChI=1S/C5H4N2O/c1-4-5(2-8-1)7-3-6-4/h1-3H,(H,6,7). The van der Waals surface area contributed by atoms with Crippen molar-refractivity contribution in [2.24, 2.45) is 0 Å². The van der Waals surface area contributed by atoms with E-state index in [1.54, 1.807) is 18.9 Å². The maximum absolute atomic E-state index is 4.81. The Labute approximate surface area is 45.3 Å². The zero-order valence-corrected chi connectivity index (χ0v) is 4.09. The van der Waals surface area contributed by atoms with Gasteiger partial charge in [0, 0.05) is 0 Å². The van der Waals surface area contributed by atoms with Gasteiger partial charge in [0.15, 0.2) is 0 Å². The van der Waals surface area contributed by atoms with Crippen molar-refractivity contribution in [2.45, 2.75) is 0 Å². The second-order valence-electron chi connectivity index (χ2n) is 1.57. The highest BCUT2D eigenvalue weighted by atomic mass is 16.3. The molecule has 0 bridgehead atoms. The predicted molar refractivity (Wildman–Crippen MR) is 28.4 cm³/mol. The highest BCUT2D eigenvalue weighted by molar-refractivity contribution is 5.71. The fourth-order valence-electron chi connectivity index (χ4n) is 0.670. The zero-order chi connectivity index (χ0) is 5.40. The Kier molecular flexibility index (Phi) is 0.521. The van der Waals surface area contributed by atoms with E-state index in [2.05, 4.69) is 9.97 Å². The Morgan fingerprint density at radius 2 is 2.50 bits per heavy atom. The van der Waals surface area contributed by atoms with Gasteiger partial charge in [-0.25, -0.2) is 4.98 Å². The Balaban J connectivity index is 3.06. The normalized spacial score (nSPS) is 10.5. The first-order valence-corrected chi connectivity index (χ1v) is 2.32. The summed E-state index contributed by atoms with van der Waals surface area (Å²) in [5.41, 5.74) is 1.83. The van der Waals surface area contributed by atoms with Crippen molar-refractivity contribution in [3.05, 3.63) is 18.9 Å². The van der Waals surface area contributed by atoms with Crippen LogP contribution in [0.25, 0.3) is 11.0 Å². The minimum atomic E-state index is 0.880. The van der Waals surface area contributed by atoms with Crippen LogP contribution in [0.3, 0.4) is 0 Å². The summed E-state index contributed by atoms with van der Waals surface area (Å²) < 4.78 is 4.81. The van der Waals surface area contributed by atoms with Gasteiger partial charge in [0.2, 0.25) is 0 Å². The highest BCUT2D eigenvalue weighted by Gasteiger charge is 1.92. The number of aromatic amines is 1. The third-order valence-electron chi connectivity index (χ3n) is 1.07. The van der Waals surface area contributed by atoms with Gasteiger partial charge >= 0.3 is 0 Å². The lowest BCUT2D eigenvalue weighted by molar-refractivity contribution is 0.570. The zero-order valence-electron chi connectivity index (χ0n) is 4.09. The van der Waals surface area contributed by atoms with Crippen molar-refractivity contribution in [3.8, 4) is 0 Å². The Morgan fingerprint density at radius 1 is 1.50 bits per heavy atom. The van der Waals surface area contributed by atoms with Crippen LogP contribution < -0.4 is 0 Å². The Hall–Kier alpha value is -1.25. The molecule has 0 atom stereocenters. The molecular formula is C5H4N2O. The summed E-state index contributed by atoms with van der Waals surface area (Å²) in [4.78, 5) is 6.82. The van der Waals surface area contributed by atoms with Crippen LogP contribution in [0.2, 0.25) is 0 Å². The number of nitrogens with one attached hydrogen (secondary N) is 1. The predicted octanol–water partition coefficient (Wildman–Crippen LogP) is 1.16. The molecule has 3 heteroatoms. The summed E-state index contributed by atoms with van der Waals surface area (Å²) in [6.45, 7) is 0. The van der Waals surface area contributed by atoms with Gasteiger partial charge in [-0.15, -0.1) is 0 Å². The SMILES string of the molecule is c1nc2cocc2[nH]1. The first kappa shape index (κ1) is 3.72. The number of hydrogen-bond donors (Lipinski definition) is 1. The lowest BCUT2D eigenvalue weighted by Crippen LogP contribution is -1.50. The van der Waals surface area contributed by atoms with Crippen LogP contribution in [-0.4, -0.2) is 9.97 Å². The fourth-order valence-corrected chi connectivity index (χ4v) is 0.670. The van der Waals surface area contributed by atoms with Crippen molar-refractivity contribution in [2.75, 3.05) is 0 Å². The number of nitrogens with zero attached hydrogens (tertiary/aromatic N) is 1. The summed E-state index contributed by atoms with van der Waals surface area (Å²) in [7, 11) is 0. The van der Waals surface area contributed by atoms with Crippen LogP contribution in [0.1, 0.15) is 0 Å². The quantitative estimate of drug-likeness (QED) is 0.550. The van der Waals surface area contributed by atoms with E-state index in [4.69, 9.17) is 4.42 Å². The molecule has 2 aromatic heterocycles. The average Bonchev–Trinajstić information content (AvgIpc) is 2.15. The molecule has 2 rings (SSSR count). The van der Waals surface area contributed by atoms with Crippen LogP contribution in [0.15, 0.2) is 23.3 Å². The molecule has 0 radical (unpaired) electrons. The summed E-state index contributed by atoms with van der Waals surface area (Å²) in [6.07, 6.45) is 4.87. The largest absolute Gasteiger partial charge is 0.468 e. The molecular weight excluding hydrogens is 104 g/mol. The van der Waals surface area contributed by atoms with Crippen molar-refractivity contribution in [1.82, 2.24) is 9.97 Å². The number of imidazole rings is 1. The van der Waals surface area contributed by atoms with Gasteiger partial charge in [0.05, 0.1) is 6.33 Å². The molecule has 0 aliphatic heterocycles. The number of rotatable bonds is 0. The molecule has 0 fully saturated rings. The van der Waals surface area contributed by atoms with E-state index in [1.165, 1.54) is 0 Å². The summed E-state index contributed by atoms with van der Waals surface area (Å²) in [5.74, 6) is 0. The second-order valence-corrected chi connectivity index (χ2v) is 1.57. The van der Waals surface area contributed by atoms with E-state index in [0.29, 0.717) is 0 Å².